The second-order valence-corrected chi connectivity index (χ2v) is 4.36. The highest BCUT2D eigenvalue weighted by atomic mass is 16.1. The van der Waals surface area contributed by atoms with E-state index in [1.807, 2.05) is 6.92 Å². The summed E-state index contributed by atoms with van der Waals surface area (Å²) in [5.74, 6) is 0.761. The van der Waals surface area contributed by atoms with Crippen LogP contribution in [0.4, 0.5) is 0 Å². The van der Waals surface area contributed by atoms with Gasteiger partial charge in [0.2, 0.25) is 5.91 Å². The molecule has 0 radical (unpaired) electrons. The number of rotatable bonds is 8. The summed E-state index contributed by atoms with van der Waals surface area (Å²) >= 11 is 0. The molecule has 0 aliphatic rings. The smallest absolute Gasteiger partial charge is 0.234 e. The molecule has 0 aromatic rings. The number of nitrogens with one attached hydrogen (secondary N) is 2. The minimum Gasteiger partial charge on any atom is -0.353 e. The highest BCUT2D eigenvalue weighted by molar-refractivity contribution is 5.78. The van der Waals surface area contributed by atoms with Crippen LogP contribution in [0.25, 0.3) is 0 Å². The fraction of sp³-hybridized carbons (Fsp3) is 0.750. The van der Waals surface area contributed by atoms with Gasteiger partial charge in [-0.2, -0.15) is 0 Å². The summed E-state index contributed by atoms with van der Waals surface area (Å²) in [5, 5.41) is 5.93. The second kappa shape index (κ2) is 8.48. The van der Waals surface area contributed by atoms with Crippen LogP contribution in [0.3, 0.4) is 0 Å². The molecule has 3 nitrogen and oxygen atoms in total. The number of amides is 1. The van der Waals surface area contributed by atoms with Gasteiger partial charge in [0.25, 0.3) is 0 Å². The van der Waals surface area contributed by atoms with E-state index in [-0.39, 0.29) is 11.9 Å². The molecule has 1 unspecified atom stereocenters. The van der Waals surface area contributed by atoms with E-state index in [1.165, 1.54) is 0 Å². The molecule has 0 bridgehead atoms. The first-order chi connectivity index (χ1) is 7.06. The quantitative estimate of drug-likeness (QED) is 0.475. The molecule has 0 saturated carbocycles. The number of hydrogen-bond acceptors (Lipinski definition) is 2. The van der Waals surface area contributed by atoms with E-state index in [0.29, 0.717) is 19.0 Å². The van der Waals surface area contributed by atoms with Gasteiger partial charge < -0.3 is 10.6 Å². The van der Waals surface area contributed by atoms with Gasteiger partial charge in [-0.3, -0.25) is 4.79 Å². The zero-order valence-corrected chi connectivity index (χ0v) is 10.2. The van der Waals surface area contributed by atoms with Gasteiger partial charge in [-0.15, -0.1) is 6.58 Å². The summed E-state index contributed by atoms with van der Waals surface area (Å²) in [7, 11) is 0. The average molecular weight is 212 g/mol. The molecule has 0 spiro atoms. The topological polar surface area (TPSA) is 41.1 Å². The van der Waals surface area contributed by atoms with Gasteiger partial charge in [-0.25, -0.2) is 0 Å². The summed E-state index contributed by atoms with van der Waals surface area (Å²) < 4.78 is 0. The Morgan fingerprint density at radius 1 is 1.33 bits per heavy atom. The Kier molecular flexibility index (Phi) is 8.01. The summed E-state index contributed by atoms with van der Waals surface area (Å²) in [6.07, 6.45) is 3.95. The molecule has 0 aliphatic carbocycles. The van der Waals surface area contributed by atoms with Gasteiger partial charge in [-0.05, 0) is 25.7 Å². The van der Waals surface area contributed by atoms with E-state index in [1.54, 1.807) is 6.08 Å². The molecule has 0 aromatic carbocycles. The lowest BCUT2D eigenvalue weighted by atomic mass is 10.0. The minimum absolute atomic E-state index is 0.0631. The zero-order valence-electron chi connectivity index (χ0n) is 10.2. The maximum atomic E-state index is 11.4. The fourth-order valence-electron chi connectivity index (χ4n) is 1.27. The van der Waals surface area contributed by atoms with Crippen molar-refractivity contribution in [3.8, 4) is 0 Å². The van der Waals surface area contributed by atoms with Crippen LogP contribution >= 0.6 is 0 Å². The van der Waals surface area contributed by atoms with Crippen LogP contribution in [-0.2, 0) is 4.79 Å². The molecule has 1 atom stereocenters. The molecular weight excluding hydrogens is 188 g/mol. The van der Waals surface area contributed by atoms with Crippen LogP contribution in [0.15, 0.2) is 12.7 Å². The number of carbonyl (C=O) groups excluding carboxylic acids is 1. The van der Waals surface area contributed by atoms with Gasteiger partial charge >= 0.3 is 0 Å². The van der Waals surface area contributed by atoms with Crippen molar-refractivity contribution in [1.82, 2.24) is 10.6 Å². The molecule has 3 heteroatoms. The van der Waals surface area contributed by atoms with Crippen LogP contribution in [0.5, 0.6) is 0 Å². The maximum Gasteiger partial charge on any atom is 0.234 e. The Labute approximate surface area is 93.3 Å². The molecular formula is C12H24N2O. The zero-order chi connectivity index (χ0) is 11.7. The first-order valence-electron chi connectivity index (χ1n) is 5.67. The third-order valence-electron chi connectivity index (χ3n) is 2.16. The molecule has 0 heterocycles. The fourth-order valence-corrected chi connectivity index (χ4v) is 1.27. The lowest BCUT2D eigenvalue weighted by Gasteiger charge is -2.15. The van der Waals surface area contributed by atoms with Crippen LogP contribution in [-0.4, -0.2) is 25.0 Å². The second-order valence-electron chi connectivity index (χ2n) is 4.36. The predicted octanol–water partition coefficient (Wildman–Crippen LogP) is 1.70. The van der Waals surface area contributed by atoms with Crippen molar-refractivity contribution in [2.24, 2.45) is 5.92 Å². The Morgan fingerprint density at radius 3 is 2.53 bits per heavy atom. The van der Waals surface area contributed by atoms with Gasteiger partial charge in [0.15, 0.2) is 0 Å². The Hall–Kier alpha value is -0.830. The summed E-state index contributed by atoms with van der Waals surface area (Å²) in [6, 6.07) is 0.269. The van der Waals surface area contributed by atoms with Gasteiger partial charge in [0, 0.05) is 12.6 Å². The maximum absolute atomic E-state index is 11.4. The monoisotopic (exact) mass is 212 g/mol. The van der Waals surface area contributed by atoms with E-state index >= 15 is 0 Å². The molecule has 0 fully saturated rings. The molecule has 1 amide bonds. The van der Waals surface area contributed by atoms with Crippen LogP contribution in [0.1, 0.15) is 33.6 Å². The van der Waals surface area contributed by atoms with E-state index in [0.717, 1.165) is 12.8 Å². The highest BCUT2D eigenvalue weighted by Gasteiger charge is 2.06. The van der Waals surface area contributed by atoms with E-state index in [4.69, 9.17) is 0 Å². The largest absolute Gasteiger partial charge is 0.353 e. The highest BCUT2D eigenvalue weighted by Crippen LogP contribution is 2.05. The van der Waals surface area contributed by atoms with E-state index in [2.05, 4.69) is 31.1 Å². The van der Waals surface area contributed by atoms with Crippen LogP contribution in [0.2, 0.25) is 0 Å². The lowest BCUT2D eigenvalue weighted by Crippen LogP contribution is -2.39. The summed E-state index contributed by atoms with van der Waals surface area (Å²) in [4.78, 5) is 11.4. The SMILES string of the molecule is C=CCNCC(=O)NC(C)CCC(C)C. The van der Waals surface area contributed by atoms with Crippen molar-refractivity contribution in [1.29, 1.82) is 0 Å². The molecule has 0 rings (SSSR count). The molecule has 0 saturated heterocycles. The summed E-state index contributed by atoms with van der Waals surface area (Å²) in [5.41, 5.74) is 0. The van der Waals surface area contributed by atoms with Gasteiger partial charge in [0.1, 0.15) is 0 Å². The van der Waals surface area contributed by atoms with Gasteiger partial charge in [0.05, 0.1) is 6.54 Å². The van der Waals surface area contributed by atoms with Crippen molar-refractivity contribution in [3.05, 3.63) is 12.7 Å². The third kappa shape index (κ3) is 9.47. The van der Waals surface area contributed by atoms with E-state index in [9.17, 15) is 4.79 Å². The van der Waals surface area contributed by atoms with Gasteiger partial charge in [-0.1, -0.05) is 19.9 Å². The normalized spacial score (nSPS) is 12.5. The molecule has 88 valence electrons. The van der Waals surface area contributed by atoms with Crippen LogP contribution < -0.4 is 10.6 Å². The van der Waals surface area contributed by atoms with Crippen molar-refractivity contribution in [2.45, 2.75) is 39.7 Å². The third-order valence-corrected chi connectivity index (χ3v) is 2.16. The standard InChI is InChI=1S/C12H24N2O/c1-5-8-13-9-12(15)14-11(4)7-6-10(2)3/h5,10-11,13H,1,6-9H2,2-4H3,(H,14,15). The van der Waals surface area contributed by atoms with Crippen molar-refractivity contribution in [3.63, 3.8) is 0 Å². The predicted molar refractivity (Wildman–Crippen MR) is 64.7 cm³/mol. The first kappa shape index (κ1) is 14.2. The van der Waals surface area contributed by atoms with Crippen molar-refractivity contribution >= 4 is 5.91 Å². The summed E-state index contributed by atoms with van der Waals surface area (Å²) in [6.45, 7) is 11.1. The van der Waals surface area contributed by atoms with E-state index < -0.39 is 0 Å². The Balaban J connectivity index is 3.52. The molecule has 0 aliphatic heterocycles. The van der Waals surface area contributed by atoms with Crippen LogP contribution in [0, 0.1) is 5.92 Å². The Morgan fingerprint density at radius 2 is 2.00 bits per heavy atom. The first-order valence-corrected chi connectivity index (χ1v) is 5.67. The molecule has 2 N–H and O–H groups in total. The molecule has 0 aromatic heterocycles. The van der Waals surface area contributed by atoms with Crippen molar-refractivity contribution < 1.29 is 4.79 Å². The number of carbonyl (C=O) groups is 1. The Bertz CT molecular complexity index is 190. The number of hydrogen-bond donors (Lipinski definition) is 2. The minimum atomic E-state index is 0.0631. The van der Waals surface area contributed by atoms with Crippen molar-refractivity contribution in [2.75, 3.05) is 13.1 Å². The lowest BCUT2D eigenvalue weighted by molar-refractivity contribution is -0.120. The average Bonchev–Trinajstić information content (AvgIpc) is 2.15. The molecule has 15 heavy (non-hydrogen) atoms.